The normalized spacial score (nSPS) is 12.3. The monoisotopic (exact) mass is 263 g/mol. The summed E-state index contributed by atoms with van der Waals surface area (Å²) in [5, 5.41) is 9.01. The first-order valence-corrected chi connectivity index (χ1v) is 7.18. The molecule has 0 heterocycles. The van der Waals surface area contributed by atoms with E-state index in [4.69, 9.17) is 10.8 Å². The molecule has 3 heteroatoms. The third-order valence-electron chi connectivity index (χ3n) is 3.50. The number of hydrogen-bond acceptors (Lipinski definition) is 2. The summed E-state index contributed by atoms with van der Waals surface area (Å²) < 4.78 is 0. The molecule has 1 rings (SSSR count). The predicted molar refractivity (Wildman–Crippen MR) is 77.7 cm³/mol. The van der Waals surface area contributed by atoms with Crippen LogP contribution in [0.2, 0.25) is 0 Å². The zero-order valence-electron chi connectivity index (χ0n) is 11.8. The number of unbranched alkanes of at least 4 members (excludes halogenated alkanes) is 4. The summed E-state index contributed by atoms with van der Waals surface area (Å²) in [4.78, 5) is 11.5. The van der Waals surface area contributed by atoms with Gasteiger partial charge in [-0.1, -0.05) is 63.3 Å². The Balaban J connectivity index is 2.53. The van der Waals surface area contributed by atoms with Crippen molar-refractivity contribution in [2.24, 2.45) is 5.73 Å². The van der Waals surface area contributed by atoms with Gasteiger partial charge in [0.25, 0.3) is 0 Å². The molecule has 0 aliphatic carbocycles. The summed E-state index contributed by atoms with van der Waals surface area (Å²) in [5.41, 5.74) is 7.31. The fraction of sp³-hybridized carbons (Fsp3) is 0.562. The van der Waals surface area contributed by atoms with E-state index in [1.54, 1.807) is 0 Å². The van der Waals surface area contributed by atoms with Gasteiger partial charge in [0.2, 0.25) is 5.91 Å². The maximum atomic E-state index is 11.5. The van der Waals surface area contributed by atoms with E-state index in [1.807, 2.05) is 24.3 Å². The van der Waals surface area contributed by atoms with Gasteiger partial charge in [0.1, 0.15) is 0 Å². The molecule has 0 aliphatic heterocycles. The van der Waals surface area contributed by atoms with Crippen molar-refractivity contribution in [3.8, 4) is 0 Å². The molecule has 1 unspecified atom stereocenters. The van der Waals surface area contributed by atoms with E-state index in [0.29, 0.717) is 0 Å². The highest BCUT2D eigenvalue weighted by molar-refractivity contribution is 5.81. The van der Waals surface area contributed by atoms with Gasteiger partial charge < -0.3 is 10.8 Å². The smallest absolute Gasteiger partial charge is 0.224 e. The minimum atomic E-state index is -0.257. The Bertz CT molecular complexity index is 373. The van der Waals surface area contributed by atoms with Gasteiger partial charge in [-0.15, -0.1) is 0 Å². The molecule has 0 aromatic heterocycles. The summed E-state index contributed by atoms with van der Waals surface area (Å²) >= 11 is 0. The third kappa shape index (κ3) is 5.43. The maximum Gasteiger partial charge on any atom is 0.224 e. The molecule has 0 fully saturated rings. The molecule has 19 heavy (non-hydrogen) atoms. The number of aliphatic hydroxyl groups is 1. The number of carbonyl (C=O) groups is 1. The average molecular weight is 263 g/mol. The first-order chi connectivity index (χ1) is 9.19. The van der Waals surface area contributed by atoms with Crippen molar-refractivity contribution in [2.75, 3.05) is 0 Å². The summed E-state index contributed by atoms with van der Waals surface area (Å²) in [6.45, 7) is 2.22. The summed E-state index contributed by atoms with van der Waals surface area (Å²) in [7, 11) is 0. The van der Waals surface area contributed by atoms with Crippen LogP contribution >= 0.6 is 0 Å². The highest BCUT2D eigenvalue weighted by Crippen LogP contribution is 2.23. The topological polar surface area (TPSA) is 63.3 Å². The lowest BCUT2D eigenvalue weighted by Crippen LogP contribution is -2.21. The van der Waals surface area contributed by atoms with Gasteiger partial charge >= 0.3 is 0 Å². The van der Waals surface area contributed by atoms with Crippen LogP contribution in [-0.2, 0) is 11.4 Å². The van der Waals surface area contributed by atoms with Gasteiger partial charge in [0.05, 0.1) is 12.5 Å². The second-order valence-electron chi connectivity index (χ2n) is 5.06. The number of primary amides is 1. The lowest BCUT2D eigenvalue weighted by molar-refractivity contribution is -0.119. The Morgan fingerprint density at radius 2 is 1.79 bits per heavy atom. The van der Waals surface area contributed by atoms with Crippen LogP contribution in [-0.4, -0.2) is 11.0 Å². The zero-order valence-corrected chi connectivity index (χ0v) is 11.8. The molecule has 0 bridgehead atoms. The van der Waals surface area contributed by atoms with Crippen molar-refractivity contribution in [1.82, 2.24) is 0 Å². The van der Waals surface area contributed by atoms with Crippen molar-refractivity contribution < 1.29 is 9.90 Å². The molecule has 3 N–H and O–H groups in total. The number of rotatable bonds is 9. The van der Waals surface area contributed by atoms with E-state index in [-0.39, 0.29) is 18.4 Å². The number of hydrogen-bond donors (Lipinski definition) is 2. The molecule has 1 atom stereocenters. The van der Waals surface area contributed by atoms with Crippen molar-refractivity contribution in [3.63, 3.8) is 0 Å². The predicted octanol–water partition coefficient (Wildman–Crippen LogP) is 3.11. The van der Waals surface area contributed by atoms with Crippen molar-refractivity contribution in [3.05, 3.63) is 35.4 Å². The average Bonchev–Trinajstić information content (AvgIpc) is 2.43. The first-order valence-electron chi connectivity index (χ1n) is 7.18. The van der Waals surface area contributed by atoms with E-state index in [0.717, 1.165) is 30.4 Å². The van der Waals surface area contributed by atoms with E-state index in [1.165, 1.54) is 19.3 Å². The Morgan fingerprint density at radius 1 is 1.16 bits per heavy atom. The van der Waals surface area contributed by atoms with Gasteiger partial charge in [0.15, 0.2) is 0 Å². The molecule has 0 aliphatic rings. The Morgan fingerprint density at radius 3 is 2.32 bits per heavy atom. The van der Waals surface area contributed by atoms with E-state index in [9.17, 15) is 4.79 Å². The van der Waals surface area contributed by atoms with Crippen molar-refractivity contribution in [2.45, 2.75) is 58.0 Å². The minimum Gasteiger partial charge on any atom is -0.392 e. The fourth-order valence-electron chi connectivity index (χ4n) is 2.28. The standard InChI is InChI=1S/C16H25NO2/c1-2-3-4-5-6-7-15(16(17)19)14-10-8-13(12-18)9-11-14/h8-11,15,18H,2-7,12H2,1H3,(H2,17,19). The second-order valence-corrected chi connectivity index (χ2v) is 5.06. The molecule has 0 saturated carbocycles. The quantitative estimate of drug-likeness (QED) is 0.672. The third-order valence-corrected chi connectivity index (χ3v) is 3.50. The van der Waals surface area contributed by atoms with Crippen molar-refractivity contribution >= 4 is 5.91 Å². The molecule has 0 saturated heterocycles. The van der Waals surface area contributed by atoms with Crippen LogP contribution in [0.25, 0.3) is 0 Å². The second kappa shape index (κ2) is 8.70. The largest absolute Gasteiger partial charge is 0.392 e. The minimum absolute atomic E-state index is 0.0263. The summed E-state index contributed by atoms with van der Waals surface area (Å²) in [6.07, 6.45) is 6.72. The van der Waals surface area contributed by atoms with E-state index in [2.05, 4.69) is 6.92 Å². The van der Waals surface area contributed by atoms with Gasteiger partial charge in [-0.25, -0.2) is 0 Å². The molecule has 1 amide bonds. The number of aliphatic hydroxyl groups excluding tert-OH is 1. The molecule has 1 aromatic carbocycles. The Kier molecular flexibility index (Phi) is 7.19. The maximum absolute atomic E-state index is 11.5. The molecular weight excluding hydrogens is 238 g/mol. The fourth-order valence-corrected chi connectivity index (χ4v) is 2.28. The van der Waals surface area contributed by atoms with Crippen LogP contribution in [0.1, 0.15) is 62.5 Å². The van der Waals surface area contributed by atoms with Crippen LogP contribution in [0.3, 0.4) is 0 Å². The van der Waals surface area contributed by atoms with Gasteiger partial charge in [-0.3, -0.25) is 4.79 Å². The zero-order chi connectivity index (χ0) is 14.1. The van der Waals surface area contributed by atoms with Crippen LogP contribution in [0.5, 0.6) is 0 Å². The molecule has 3 nitrogen and oxygen atoms in total. The molecule has 0 spiro atoms. The lowest BCUT2D eigenvalue weighted by Gasteiger charge is -2.14. The summed E-state index contributed by atoms with van der Waals surface area (Å²) in [6, 6.07) is 7.49. The van der Waals surface area contributed by atoms with Crippen LogP contribution < -0.4 is 5.73 Å². The van der Waals surface area contributed by atoms with Crippen LogP contribution in [0, 0.1) is 0 Å². The SMILES string of the molecule is CCCCCCCC(C(N)=O)c1ccc(CO)cc1. The Labute approximate surface area is 115 Å². The van der Waals surface area contributed by atoms with Crippen LogP contribution in [0.4, 0.5) is 0 Å². The lowest BCUT2D eigenvalue weighted by atomic mass is 9.92. The molecular formula is C16H25NO2. The highest BCUT2D eigenvalue weighted by atomic mass is 16.3. The van der Waals surface area contributed by atoms with Crippen LogP contribution in [0.15, 0.2) is 24.3 Å². The number of amides is 1. The Hall–Kier alpha value is -1.35. The number of nitrogens with two attached hydrogens (primary N) is 1. The van der Waals surface area contributed by atoms with E-state index < -0.39 is 0 Å². The van der Waals surface area contributed by atoms with Gasteiger partial charge in [0, 0.05) is 0 Å². The first kappa shape index (κ1) is 15.7. The van der Waals surface area contributed by atoms with Crippen molar-refractivity contribution in [1.29, 1.82) is 0 Å². The van der Waals surface area contributed by atoms with Gasteiger partial charge in [-0.2, -0.15) is 0 Å². The van der Waals surface area contributed by atoms with E-state index >= 15 is 0 Å². The summed E-state index contributed by atoms with van der Waals surface area (Å²) in [5.74, 6) is -0.457. The number of benzene rings is 1. The molecule has 0 radical (unpaired) electrons. The molecule has 106 valence electrons. The molecule has 1 aromatic rings. The number of carbonyl (C=O) groups excluding carboxylic acids is 1. The van der Waals surface area contributed by atoms with Gasteiger partial charge in [-0.05, 0) is 17.5 Å². The highest BCUT2D eigenvalue weighted by Gasteiger charge is 2.17.